The van der Waals surface area contributed by atoms with Crippen molar-refractivity contribution in [1.82, 2.24) is 10.2 Å². The average molecular weight is 242 g/mol. The highest BCUT2D eigenvalue weighted by Gasteiger charge is 2.36. The van der Waals surface area contributed by atoms with Gasteiger partial charge in [0.25, 0.3) is 0 Å². The van der Waals surface area contributed by atoms with E-state index in [4.69, 9.17) is 0 Å². The number of nitrogens with zero attached hydrogens (tertiary/aromatic N) is 1. The highest BCUT2D eigenvalue weighted by molar-refractivity contribution is 4.96. The average Bonchev–Trinajstić information content (AvgIpc) is 2.28. The summed E-state index contributed by atoms with van der Waals surface area (Å²) in [4.78, 5) is 2.42. The van der Waals surface area contributed by atoms with Crippen LogP contribution in [-0.2, 0) is 0 Å². The standard InChI is InChI=1S/C15H34N2/c1-8-15(9-2,17(6)7)14(16-5)12-10-11-13(3)4/h13-14,16H,8-12H2,1-7H3. The molecule has 1 unspecified atom stereocenters. The molecule has 0 saturated carbocycles. The Morgan fingerprint density at radius 1 is 1.06 bits per heavy atom. The van der Waals surface area contributed by atoms with E-state index in [0.717, 1.165) is 5.92 Å². The topological polar surface area (TPSA) is 15.3 Å². The molecular weight excluding hydrogens is 208 g/mol. The minimum Gasteiger partial charge on any atom is -0.315 e. The lowest BCUT2D eigenvalue weighted by Gasteiger charge is -2.45. The molecule has 17 heavy (non-hydrogen) atoms. The van der Waals surface area contributed by atoms with Crippen molar-refractivity contribution in [2.45, 2.75) is 71.4 Å². The highest BCUT2D eigenvalue weighted by Crippen LogP contribution is 2.28. The minimum absolute atomic E-state index is 0.311. The Balaban J connectivity index is 4.56. The van der Waals surface area contributed by atoms with Crippen molar-refractivity contribution in [3.8, 4) is 0 Å². The second-order valence-corrected chi connectivity index (χ2v) is 5.87. The van der Waals surface area contributed by atoms with Gasteiger partial charge in [-0.3, -0.25) is 0 Å². The maximum atomic E-state index is 3.56. The minimum atomic E-state index is 0.311. The summed E-state index contributed by atoms with van der Waals surface area (Å²) >= 11 is 0. The van der Waals surface area contributed by atoms with Crippen molar-refractivity contribution in [2.75, 3.05) is 21.1 Å². The van der Waals surface area contributed by atoms with Crippen molar-refractivity contribution in [3.05, 3.63) is 0 Å². The maximum absolute atomic E-state index is 3.56. The van der Waals surface area contributed by atoms with Crippen LogP contribution in [0.2, 0.25) is 0 Å². The molecule has 1 N–H and O–H groups in total. The van der Waals surface area contributed by atoms with Crippen LogP contribution in [0.4, 0.5) is 0 Å². The van der Waals surface area contributed by atoms with E-state index in [1.807, 2.05) is 0 Å². The first-order valence-corrected chi connectivity index (χ1v) is 7.29. The smallest absolute Gasteiger partial charge is 0.0351 e. The van der Waals surface area contributed by atoms with Crippen molar-refractivity contribution < 1.29 is 0 Å². The van der Waals surface area contributed by atoms with Gasteiger partial charge in [-0.1, -0.05) is 40.5 Å². The molecule has 0 aliphatic rings. The Morgan fingerprint density at radius 3 is 1.88 bits per heavy atom. The Bertz CT molecular complexity index is 183. The molecule has 0 aliphatic carbocycles. The van der Waals surface area contributed by atoms with Gasteiger partial charge in [0.05, 0.1) is 0 Å². The van der Waals surface area contributed by atoms with Gasteiger partial charge in [-0.25, -0.2) is 0 Å². The van der Waals surface area contributed by atoms with Crippen LogP contribution in [0.5, 0.6) is 0 Å². The van der Waals surface area contributed by atoms with Crippen LogP contribution < -0.4 is 5.32 Å². The number of nitrogens with one attached hydrogen (secondary N) is 1. The number of likely N-dealkylation sites (N-methyl/N-ethyl adjacent to an activating group) is 2. The largest absolute Gasteiger partial charge is 0.315 e. The van der Waals surface area contributed by atoms with E-state index in [2.05, 4.69) is 59.1 Å². The molecular formula is C15H34N2. The molecule has 0 saturated heterocycles. The van der Waals surface area contributed by atoms with Gasteiger partial charge in [-0.2, -0.15) is 0 Å². The number of hydrogen-bond acceptors (Lipinski definition) is 2. The highest BCUT2D eigenvalue weighted by atomic mass is 15.2. The van der Waals surface area contributed by atoms with Gasteiger partial charge in [0, 0.05) is 11.6 Å². The fourth-order valence-corrected chi connectivity index (χ4v) is 3.10. The van der Waals surface area contributed by atoms with Crippen molar-refractivity contribution >= 4 is 0 Å². The Hall–Kier alpha value is -0.0800. The van der Waals surface area contributed by atoms with Crippen molar-refractivity contribution in [1.29, 1.82) is 0 Å². The van der Waals surface area contributed by atoms with Gasteiger partial charge in [-0.05, 0) is 46.3 Å². The lowest BCUT2D eigenvalue weighted by atomic mass is 9.80. The second kappa shape index (κ2) is 8.10. The molecule has 0 aromatic carbocycles. The summed E-state index contributed by atoms with van der Waals surface area (Å²) in [5.74, 6) is 0.824. The van der Waals surface area contributed by atoms with Crippen LogP contribution in [-0.4, -0.2) is 37.6 Å². The summed E-state index contributed by atoms with van der Waals surface area (Å²) in [6.07, 6.45) is 6.38. The number of rotatable bonds is 9. The Labute approximate surface area is 109 Å². The summed E-state index contributed by atoms with van der Waals surface area (Å²) in [5, 5.41) is 3.56. The summed E-state index contributed by atoms with van der Waals surface area (Å²) in [6, 6.07) is 0.603. The molecule has 0 aromatic rings. The molecule has 0 rings (SSSR count). The Morgan fingerprint density at radius 2 is 1.59 bits per heavy atom. The maximum Gasteiger partial charge on any atom is 0.0351 e. The third-order valence-corrected chi connectivity index (χ3v) is 4.39. The fourth-order valence-electron chi connectivity index (χ4n) is 3.10. The lowest BCUT2D eigenvalue weighted by molar-refractivity contribution is 0.0860. The predicted octanol–water partition coefficient (Wildman–Crippen LogP) is 3.52. The summed E-state index contributed by atoms with van der Waals surface area (Å²) in [5.41, 5.74) is 0.311. The predicted molar refractivity (Wildman–Crippen MR) is 78.5 cm³/mol. The molecule has 1 atom stereocenters. The van der Waals surface area contributed by atoms with Crippen LogP contribution in [0.1, 0.15) is 59.8 Å². The van der Waals surface area contributed by atoms with Gasteiger partial charge in [0.2, 0.25) is 0 Å². The SMILES string of the molecule is CCC(CC)(C(CCCC(C)C)NC)N(C)C. The summed E-state index contributed by atoms with van der Waals surface area (Å²) in [7, 11) is 6.56. The molecule has 0 bridgehead atoms. The van der Waals surface area contributed by atoms with Crippen molar-refractivity contribution in [3.63, 3.8) is 0 Å². The molecule has 2 heteroatoms. The van der Waals surface area contributed by atoms with Crippen LogP contribution in [0, 0.1) is 5.92 Å². The van der Waals surface area contributed by atoms with Crippen molar-refractivity contribution in [2.24, 2.45) is 5.92 Å². The fraction of sp³-hybridized carbons (Fsp3) is 1.00. The van der Waals surface area contributed by atoms with E-state index in [-0.39, 0.29) is 0 Å². The van der Waals surface area contributed by atoms with Crippen LogP contribution in [0.3, 0.4) is 0 Å². The van der Waals surface area contributed by atoms with Crippen LogP contribution in [0.15, 0.2) is 0 Å². The molecule has 0 fully saturated rings. The first-order chi connectivity index (χ1) is 7.94. The van der Waals surface area contributed by atoms with Crippen LogP contribution >= 0.6 is 0 Å². The molecule has 104 valence electrons. The van der Waals surface area contributed by atoms with E-state index in [0.29, 0.717) is 11.6 Å². The van der Waals surface area contributed by atoms with Gasteiger partial charge in [0.1, 0.15) is 0 Å². The lowest BCUT2D eigenvalue weighted by Crippen LogP contribution is -2.57. The molecule has 0 aromatic heterocycles. The van der Waals surface area contributed by atoms with Crippen LogP contribution in [0.25, 0.3) is 0 Å². The zero-order valence-electron chi connectivity index (χ0n) is 13.1. The molecule has 0 heterocycles. The third kappa shape index (κ3) is 4.59. The molecule has 2 nitrogen and oxygen atoms in total. The molecule has 0 amide bonds. The second-order valence-electron chi connectivity index (χ2n) is 5.87. The summed E-state index contributed by atoms with van der Waals surface area (Å²) < 4.78 is 0. The molecule has 0 aliphatic heterocycles. The van der Waals surface area contributed by atoms with Gasteiger partial charge in [-0.15, -0.1) is 0 Å². The van der Waals surface area contributed by atoms with Gasteiger partial charge < -0.3 is 10.2 Å². The molecule has 0 radical (unpaired) electrons. The number of hydrogen-bond donors (Lipinski definition) is 1. The monoisotopic (exact) mass is 242 g/mol. The quantitative estimate of drug-likeness (QED) is 0.665. The third-order valence-electron chi connectivity index (χ3n) is 4.39. The molecule has 0 spiro atoms. The first kappa shape index (κ1) is 16.9. The normalized spacial score (nSPS) is 14.6. The summed E-state index contributed by atoms with van der Waals surface area (Å²) in [6.45, 7) is 9.26. The Kier molecular flexibility index (Phi) is 8.06. The van der Waals surface area contributed by atoms with Gasteiger partial charge in [0.15, 0.2) is 0 Å². The van der Waals surface area contributed by atoms with E-state index in [9.17, 15) is 0 Å². The van der Waals surface area contributed by atoms with E-state index >= 15 is 0 Å². The zero-order valence-corrected chi connectivity index (χ0v) is 13.1. The van der Waals surface area contributed by atoms with E-state index in [1.54, 1.807) is 0 Å². The van der Waals surface area contributed by atoms with E-state index in [1.165, 1.54) is 32.1 Å². The first-order valence-electron chi connectivity index (χ1n) is 7.29. The van der Waals surface area contributed by atoms with Gasteiger partial charge >= 0.3 is 0 Å². The zero-order chi connectivity index (χ0) is 13.5. The van der Waals surface area contributed by atoms with E-state index < -0.39 is 0 Å².